The van der Waals surface area contributed by atoms with Crippen LogP contribution >= 0.6 is 11.8 Å². The highest BCUT2D eigenvalue weighted by Crippen LogP contribution is 2.47. The minimum atomic E-state index is -0.00807. The van der Waals surface area contributed by atoms with Crippen molar-refractivity contribution in [2.75, 3.05) is 4.90 Å². The maximum Gasteiger partial charge on any atom is 0.262 e. The zero-order valence-corrected chi connectivity index (χ0v) is 15.6. The van der Waals surface area contributed by atoms with Gasteiger partial charge in [-0.3, -0.25) is 9.36 Å². The molecule has 0 N–H and O–H groups in total. The predicted octanol–water partition coefficient (Wildman–Crippen LogP) is 4.97. The summed E-state index contributed by atoms with van der Waals surface area (Å²) < 4.78 is 1.76. The minimum Gasteiger partial charge on any atom is -0.321 e. The molecule has 0 saturated carbocycles. The molecule has 0 saturated heterocycles. The molecule has 1 aliphatic rings. The van der Waals surface area contributed by atoms with E-state index in [4.69, 9.17) is 0 Å². The van der Waals surface area contributed by atoms with Crippen molar-refractivity contribution in [1.82, 2.24) is 9.55 Å². The lowest BCUT2D eigenvalue weighted by atomic mass is 10.2. The Hall–Kier alpha value is -3.05. The van der Waals surface area contributed by atoms with Gasteiger partial charge in [0, 0.05) is 9.79 Å². The van der Waals surface area contributed by atoms with E-state index >= 15 is 0 Å². The first-order valence-electron chi connectivity index (χ1n) is 8.82. The van der Waals surface area contributed by atoms with E-state index in [9.17, 15) is 4.79 Å². The van der Waals surface area contributed by atoms with Crippen LogP contribution in [0.2, 0.25) is 0 Å². The van der Waals surface area contributed by atoms with Crippen molar-refractivity contribution in [2.45, 2.75) is 23.4 Å². The predicted molar refractivity (Wildman–Crippen MR) is 110 cm³/mol. The number of hydrogen-bond donors (Lipinski definition) is 0. The molecule has 4 nitrogen and oxygen atoms in total. The maximum atomic E-state index is 13.1. The summed E-state index contributed by atoms with van der Waals surface area (Å²) in [5, 5.41) is 0.649. The fourth-order valence-corrected chi connectivity index (χ4v) is 4.62. The topological polar surface area (TPSA) is 38.1 Å². The zero-order chi connectivity index (χ0) is 18.4. The van der Waals surface area contributed by atoms with Crippen LogP contribution in [-0.2, 0) is 6.67 Å². The second kappa shape index (κ2) is 6.28. The molecule has 132 valence electrons. The van der Waals surface area contributed by atoms with E-state index in [0.717, 1.165) is 16.9 Å². The molecule has 0 unspecified atom stereocenters. The molecule has 0 radical (unpaired) electrons. The highest BCUT2D eigenvalue weighted by molar-refractivity contribution is 7.99. The van der Waals surface area contributed by atoms with Crippen LogP contribution in [-0.4, -0.2) is 9.55 Å². The van der Waals surface area contributed by atoms with Gasteiger partial charge in [-0.1, -0.05) is 48.2 Å². The van der Waals surface area contributed by atoms with E-state index in [-0.39, 0.29) is 5.56 Å². The summed E-state index contributed by atoms with van der Waals surface area (Å²) in [6, 6.07) is 24.1. The second-order valence-corrected chi connectivity index (χ2v) is 7.60. The summed E-state index contributed by atoms with van der Waals surface area (Å²) in [4.78, 5) is 22.4. The molecular weight excluding hydrogens is 354 g/mol. The van der Waals surface area contributed by atoms with Crippen LogP contribution in [0.1, 0.15) is 5.82 Å². The lowest BCUT2D eigenvalue weighted by Gasteiger charge is -2.33. The summed E-state index contributed by atoms with van der Waals surface area (Å²) in [6.45, 7) is 2.32. The molecule has 0 fully saturated rings. The van der Waals surface area contributed by atoms with Gasteiger partial charge in [-0.05, 0) is 43.3 Å². The third-order valence-electron chi connectivity index (χ3n) is 4.87. The Morgan fingerprint density at radius 1 is 0.852 bits per heavy atom. The van der Waals surface area contributed by atoms with Crippen molar-refractivity contribution in [2.24, 2.45) is 0 Å². The van der Waals surface area contributed by atoms with Gasteiger partial charge in [-0.15, -0.1) is 0 Å². The maximum absolute atomic E-state index is 13.1. The molecule has 0 bridgehead atoms. The molecule has 3 aromatic carbocycles. The van der Waals surface area contributed by atoms with Gasteiger partial charge in [-0.2, -0.15) is 0 Å². The van der Waals surface area contributed by atoms with Crippen LogP contribution in [0.4, 0.5) is 11.4 Å². The van der Waals surface area contributed by atoms with Gasteiger partial charge >= 0.3 is 0 Å². The second-order valence-electron chi connectivity index (χ2n) is 6.52. The number of rotatable bonds is 2. The largest absolute Gasteiger partial charge is 0.321 e. The Bertz CT molecular complexity index is 1190. The van der Waals surface area contributed by atoms with E-state index in [1.165, 1.54) is 9.79 Å². The fourth-order valence-electron chi connectivity index (χ4n) is 3.52. The van der Waals surface area contributed by atoms with Crippen LogP contribution in [0.15, 0.2) is 87.4 Å². The van der Waals surface area contributed by atoms with E-state index in [1.54, 1.807) is 16.3 Å². The lowest BCUT2D eigenvalue weighted by molar-refractivity contribution is 0.641. The molecule has 27 heavy (non-hydrogen) atoms. The minimum absolute atomic E-state index is 0.00807. The molecule has 0 aliphatic carbocycles. The fraction of sp³-hybridized carbons (Fsp3) is 0.0909. The molecular formula is C22H17N3OS. The number of anilines is 2. The number of hydrogen-bond acceptors (Lipinski definition) is 4. The third-order valence-corrected chi connectivity index (χ3v) is 6.00. The van der Waals surface area contributed by atoms with Crippen LogP contribution in [0.5, 0.6) is 0 Å². The number of fused-ring (bicyclic) bond motifs is 3. The molecule has 0 amide bonds. The molecule has 5 heteroatoms. The first-order chi connectivity index (χ1) is 13.2. The first-order valence-corrected chi connectivity index (χ1v) is 9.64. The van der Waals surface area contributed by atoms with Gasteiger partial charge < -0.3 is 4.90 Å². The van der Waals surface area contributed by atoms with Crippen LogP contribution < -0.4 is 10.5 Å². The van der Waals surface area contributed by atoms with E-state index in [1.807, 2.05) is 55.5 Å². The first kappa shape index (κ1) is 16.1. The van der Waals surface area contributed by atoms with Gasteiger partial charge in [-0.25, -0.2) is 4.98 Å². The summed E-state index contributed by atoms with van der Waals surface area (Å²) in [6.07, 6.45) is 0. The van der Waals surface area contributed by atoms with Crippen molar-refractivity contribution < 1.29 is 0 Å². The summed E-state index contributed by atoms with van der Waals surface area (Å²) >= 11 is 1.76. The highest BCUT2D eigenvalue weighted by Gasteiger charge is 2.24. The zero-order valence-electron chi connectivity index (χ0n) is 14.8. The van der Waals surface area contributed by atoms with Crippen molar-refractivity contribution in [3.05, 3.63) is 89.0 Å². The van der Waals surface area contributed by atoms with Crippen molar-refractivity contribution in [1.29, 1.82) is 0 Å². The number of aromatic nitrogens is 2. The number of para-hydroxylation sites is 3. The Labute approximate surface area is 161 Å². The Morgan fingerprint density at radius 3 is 2.15 bits per heavy atom. The van der Waals surface area contributed by atoms with Gasteiger partial charge in [0.1, 0.15) is 12.5 Å². The average molecular weight is 371 g/mol. The monoisotopic (exact) mass is 371 g/mol. The van der Waals surface area contributed by atoms with Crippen molar-refractivity contribution >= 4 is 34.0 Å². The molecule has 1 aliphatic heterocycles. The summed E-state index contributed by atoms with van der Waals surface area (Å²) in [5.74, 6) is 0.715. The third kappa shape index (κ3) is 2.62. The van der Waals surface area contributed by atoms with Crippen molar-refractivity contribution in [3.63, 3.8) is 0 Å². The SMILES string of the molecule is Cc1nc2ccccc2c(=O)n1CN1c2ccccc2Sc2ccccc21. The average Bonchev–Trinajstić information content (AvgIpc) is 2.70. The molecule has 5 rings (SSSR count). The highest BCUT2D eigenvalue weighted by atomic mass is 32.2. The number of nitrogens with zero attached hydrogens (tertiary/aromatic N) is 3. The lowest BCUT2D eigenvalue weighted by Crippen LogP contribution is -2.33. The molecule has 4 aromatic rings. The smallest absolute Gasteiger partial charge is 0.262 e. The standard InChI is InChI=1S/C22H17N3OS/c1-15-23-17-9-3-2-8-16(17)22(26)24(15)14-25-18-10-4-6-12-20(18)27-21-13-7-5-11-19(21)25/h2-13H,14H2,1H3. The Morgan fingerprint density at radius 2 is 1.44 bits per heavy atom. The van der Waals surface area contributed by atoms with Gasteiger partial charge in [0.15, 0.2) is 0 Å². The summed E-state index contributed by atoms with van der Waals surface area (Å²) in [7, 11) is 0. The number of benzene rings is 3. The quantitative estimate of drug-likeness (QED) is 0.499. The molecule has 1 aromatic heterocycles. The van der Waals surface area contributed by atoms with Crippen LogP contribution in [0.25, 0.3) is 10.9 Å². The molecule has 0 atom stereocenters. The Balaban J connectivity index is 1.69. The molecule has 0 spiro atoms. The van der Waals surface area contributed by atoms with E-state index in [2.05, 4.69) is 34.1 Å². The van der Waals surface area contributed by atoms with Gasteiger partial charge in [0.2, 0.25) is 0 Å². The Kier molecular flexibility index (Phi) is 3.76. The van der Waals surface area contributed by atoms with Crippen molar-refractivity contribution in [3.8, 4) is 0 Å². The van der Waals surface area contributed by atoms with E-state index in [0.29, 0.717) is 17.9 Å². The van der Waals surface area contributed by atoms with Crippen LogP contribution in [0, 0.1) is 6.92 Å². The number of aryl methyl sites for hydroxylation is 1. The van der Waals surface area contributed by atoms with Gasteiger partial charge in [0.05, 0.1) is 22.3 Å². The van der Waals surface area contributed by atoms with Crippen LogP contribution in [0.3, 0.4) is 0 Å². The summed E-state index contributed by atoms with van der Waals surface area (Å²) in [5.41, 5.74) is 2.96. The van der Waals surface area contributed by atoms with E-state index < -0.39 is 0 Å². The normalized spacial score (nSPS) is 12.7. The van der Waals surface area contributed by atoms with Gasteiger partial charge in [0.25, 0.3) is 5.56 Å². The molecule has 2 heterocycles.